The lowest BCUT2D eigenvalue weighted by Gasteiger charge is -2.43. The number of aliphatic hydroxyl groups is 4. The fourth-order valence-corrected chi connectivity index (χ4v) is 1.79. The highest BCUT2D eigenvalue weighted by molar-refractivity contribution is 4.92. The zero-order valence-corrected chi connectivity index (χ0v) is 10.1. The minimum absolute atomic E-state index is 0.174. The van der Waals surface area contributed by atoms with Crippen LogP contribution in [-0.2, 0) is 9.47 Å². The number of rotatable bonds is 6. The molecule has 0 aromatic rings. The quantitative estimate of drug-likeness (QED) is 0.451. The number of hydrogen-bond donors (Lipinski definition) is 4. The SMILES string of the molecule is CCCCCOC1(CO)OCC(O)C(O)C1O. The predicted octanol–water partition coefficient (Wildman–Crippen LogP) is -1.01. The van der Waals surface area contributed by atoms with Crippen molar-refractivity contribution in [2.45, 2.75) is 50.3 Å². The van der Waals surface area contributed by atoms with Crippen LogP contribution < -0.4 is 0 Å². The molecule has 6 nitrogen and oxygen atoms in total. The van der Waals surface area contributed by atoms with Gasteiger partial charge >= 0.3 is 0 Å². The van der Waals surface area contributed by atoms with E-state index in [0.717, 1.165) is 19.3 Å². The summed E-state index contributed by atoms with van der Waals surface area (Å²) in [7, 11) is 0. The van der Waals surface area contributed by atoms with Gasteiger partial charge in [-0.25, -0.2) is 0 Å². The van der Waals surface area contributed by atoms with E-state index in [9.17, 15) is 20.4 Å². The van der Waals surface area contributed by atoms with Gasteiger partial charge in [0, 0.05) is 0 Å². The summed E-state index contributed by atoms with van der Waals surface area (Å²) in [6.45, 7) is 1.64. The average Bonchev–Trinajstić information content (AvgIpc) is 2.35. The highest BCUT2D eigenvalue weighted by Gasteiger charge is 2.50. The standard InChI is InChI=1S/C11H22O6/c1-2-3-4-5-16-11(7-12)10(15)9(14)8(13)6-17-11/h8-10,12-15H,2-7H2,1H3. The monoisotopic (exact) mass is 250 g/mol. The summed E-state index contributed by atoms with van der Waals surface area (Å²) in [6, 6.07) is 0. The predicted molar refractivity (Wildman–Crippen MR) is 59.3 cm³/mol. The van der Waals surface area contributed by atoms with Crippen molar-refractivity contribution in [3.05, 3.63) is 0 Å². The first-order chi connectivity index (χ1) is 8.07. The zero-order valence-electron chi connectivity index (χ0n) is 10.1. The second-order valence-electron chi connectivity index (χ2n) is 4.34. The normalized spacial score (nSPS) is 38.3. The van der Waals surface area contributed by atoms with E-state index in [1.807, 2.05) is 6.92 Å². The molecule has 1 heterocycles. The highest BCUT2D eigenvalue weighted by atomic mass is 16.7. The van der Waals surface area contributed by atoms with E-state index in [1.165, 1.54) is 0 Å². The van der Waals surface area contributed by atoms with Gasteiger partial charge in [0.05, 0.1) is 13.2 Å². The van der Waals surface area contributed by atoms with E-state index in [1.54, 1.807) is 0 Å². The lowest BCUT2D eigenvalue weighted by Crippen LogP contribution is -2.63. The Hall–Kier alpha value is -0.240. The van der Waals surface area contributed by atoms with Gasteiger partial charge in [0.15, 0.2) is 0 Å². The van der Waals surface area contributed by atoms with Crippen molar-refractivity contribution in [2.24, 2.45) is 0 Å². The summed E-state index contributed by atoms with van der Waals surface area (Å²) < 4.78 is 10.5. The Bertz CT molecular complexity index is 224. The van der Waals surface area contributed by atoms with Crippen LogP contribution in [0.1, 0.15) is 26.2 Å². The first-order valence-electron chi connectivity index (χ1n) is 6.00. The summed E-state index contributed by atoms with van der Waals surface area (Å²) in [5.74, 6) is -1.62. The maximum Gasteiger partial charge on any atom is 0.221 e. The molecule has 0 radical (unpaired) electrons. The third-order valence-electron chi connectivity index (χ3n) is 2.98. The summed E-state index contributed by atoms with van der Waals surface area (Å²) >= 11 is 0. The highest BCUT2D eigenvalue weighted by Crippen LogP contribution is 2.27. The Labute approximate surface area is 101 Å². The molecule has 102 valence electrons. The van der Waals surface area contributed by atoms with Crippen LogP contribution in [0.3, 0.4) is 0 Å². The molecule has 4 unspecified atom stereocenters. The van der Waals surface area contributed by atoms with E-state index in [0.29, 0.717) is 6.61 Å². The van der Waals surface area contributed by atoms with Crippen LogP contribution in [0.5, 0.6) is 0 Å². The molecule has 4 atom stereocenters. The number of aliphatic hydroxyl groups excluding tert-OH is 4. The van der Waals surface area contributed by atoms with Gasteiger partial charge in [-0.2, -0.15) is 0 Å². The molecule has 0 amide bonds. The molecule has 0 aliphatic carbocycles. The van der Waals surface area contributed by atoms with Crippen molar-refractivity contribution in [3.8, 4) is 0 Å². The van der Waals surface area contributed by atoms with E-state index < -0.39 is 30.7 Å². The Morgan fingerprint density at radius 1 is 1.29 bits per heavy atom. The van der Waals surface area contributed by atoms with Gasteiger partial charge in [-0.3, -0.25) is 0 Å². The van der Waals surface area contributed by atoms with E-state index in [2.05, 4.69) is 0 Å². The largest absolute Gasteiger partial charge is 0.391 e. The van der Waals surface area contributed by atoms with Crippen molar-refractivity contribution in [3.63, 3.8) is 0 Å². The Balaban J connectivity index is 2.54. The fraction of sp³-hybridized carbons (Fsp3) is 1.00. The molecule has 1 saturated heterocycles. The maximum atomic E-state index is 9.79. The van der Waals surface area contributed by atoms with Crippen LogP contribution >= 0.6 is 0 Å². The van der Waals surface area contributed by atoms with Gasteiger partial charge in [0.25, 0.3) is 0 Å². The van der Waals surface area contributed by atoms with Crippen LogP contribution in [0.2, 0.25) is 0 Å². The van der Waals surface area contributed by atoms with Crippen LogP contribution in [0.25, 0.3) is 0 Å². The third-order valence-corrected chi connectivity index (χ3v) is 2.98. The lowest BCUT2D eigenvalue weighted by molar-refractivity contribution is -0.348. The molecule has 0 bridgehead atoms. The van der Waals surface area contributed by atoms with Gasteiger partial charge in [-0.15, -0.1) is 0 Å². The lowest BCUT2D eigenvalue weighted by atomic mass is 9.97. The Kier molecular flexibility index (Phi) is 5.78. The van der Waals surface area contributed by atoms with Crippen molar-refractivity contribution in [2.75, 3.05) is 19.8 Å². The first-order valence-corrected chi connectivity index (χ1v) is 6.00. The molecule has 0 aromatic carbocycles. The summed E-state index contributed by atoms with van der Waals surface area (Å²) in [4.78, 5) is 0. The molecule has 1 aliphatic heterocycles. The van der Waals surface area contributed by atoms with Crippen LogP contribution in [-0.4, -0.2) is 64.3 Å². The summed E-state index contributed by atoms with van der Waals surface area (Å²) in [5, 5.41) is 37.9. The fourth-order valence-electron chi connectivity index (χ4n) is 1.79. The molecule has 17 heavy (non-hydrogen) atoms. The molecule has 1 rings (SSSR count). The number of hydrogen-bond acceptors (Lipinski definition) is 6. The Morgan fingerprint density at radius 2 is 2.00 bits per heavy atom. The van der Waals surface area contributed by atoms with Gasteiger partial charge < -0.3 is 29.9 Å². The Morgan fingerprint density at radius 3 is 2.59 bits per heavy atom. The van der Waals surface area contributed by atoms with Crippen molar-refractivity contribution in [1.29, 1.82) is 0 Å². The minimum atomic E-state index is -1.62. The smallest absolute Gasteiger partial charge is 0.221 e. The molecule has 0 saturated carbocycles. The second-order valence-corrected chi connectivity index (χ2v) is 4.34. The average molecular weight is 250 g/mol. The summed E-state index contributed by atoms with van der Waals surface area (Å²) in [6.07, 6.45) is -1.21. The molecule has 1 fully saturated rings. The molecular weight excluding hydrogens is 228 g/mol. The third kappa shape index (κ3) is 3.37. The van der Waals surface area contributed by atoms with E-state index >= 15 is 0 Å². The molecule has 4 N–H and O–H groups in total. The topological polar surface area (TPSA) is 99.4 Å². The molecule has 0 aromatic heterocycles. The van der Waals surface area contributed by atoms with Gasteiger partial charge in [-0.1, -0.05) is 19.8 Å². The first kappa shape index (κ1) is 14.8. The number of unbranched alkanes of at least 4 members (excludes halogenated alkanes) is 2. The molecule has 1 aliphatic rings. The van der Waals surface area contributed by atoms with Crippen LogP contribution in [0, 0.1) is 0 Å². The van der Waals surface area contributed by atoms with Crippen molar-refractivity contribution >= 4 is 0 Å². The maximum absolute atomic E-state index is 9.79. The van der Waals surface area contributed by atoms with E-state index in [-0.39, 0.29) is 6.61 Å². The molecular formula is C11H22O6. The van der Waals surface area contributed by atoms with Crippen molar-refractivity contribution in [1.82, 2.24) is 0 Å². The van der Waals surface area contributed by atoms with Crippen LogP contribution in [0.4, 0.5) is 0 Å². The molecule has 0 spiro atoms. The van der Waals surface area contributed by atoms with Crippen LogP contribution in [0.15, 0.2) is 0 Å². The van der Waals surface area contributed by atoms with Gasteiger partial charge in [-0.05, 0) is 6.42 Å². The summed E-state index contributed by atoms with van der Waals surface area (Å²) in [5.41, 5.74) is 0. The zero-order chi connectivity index (χ0) is 12.9. The molecule has 6 heteroatoms. The minimum Gasteiger partial charge on any atom is -0.391 e. The van der Waals surface area contributed by atoms with Crippen molar-refractivity contribution < 1.29 is 29.9 Å². The van der Waals surface area contributed by atoms with Gasteiger partial charge in [0.1, 0.15) is 24.9 Å². The second kappa shape index (κ2) is 6.63. The van der Waals surface area contributed by atoms with Gasteiger partial charge in [0.2, 0.25) is 5.79 Å². The number of ether oxygens (including phenoxy) is 2. The van der Waals surface area contributed by atoms with E-state index in [4.69, 9.17) is 9.47 Å².